The van der Waals surface area contributed by atoms with Crippen molar-refractivity contribution in [1.82, 2.24) is 15.5 Å². The van der Waals surface area contributed by atoms with E-state index >= 15 is 0 Å². The number of carbonyl (C=O) groups is 3. The number of carbonyl (C=O) groups excluding carboxylic acids is 3. The molecule has 0 heterocycles. The molecule has 33 heavy (non-hydrogen) atoms. The van der Waals surface area contributed by atoms with Crippen molar-refractivity contribution in [1.29, 1.82) is 0 Å². The van der Waals surface area contributed by atoms with Gasteiger partial charge >= 0.3 is 6.09 Å². The Morgan fingerprint density at radius 3 is 2.33 bits per heavy atom. The standard InChI is InChI=1S/C26H37N3O4/c1-8-10-18(4)28-24(31)23(20-13-11-19(9-2)12-14-20)29(21-15-17(21)3)22(30)16-27-25(32)33-26(5,6)7/h2,11-14,17-18,21,23H,8,10,15-16H2,1,3-7H3,(H,27,32)(H,28,31). The van der Waals surface area contributed by atoms with Gasteiger partial charge in [-0.1, -0.05) is 38.3 Å². The Morgan fingerprint density at radius 1 is 1.24 bits per heavy atom. The van der Waals surface area contributed by atoms with Gasteiger partial charge in [-0.25, -0.2) is 4.79 Å². The molecule has 2 N–H and O–H groups in total. The third-order valence-corrected chi connectivity index (χ3v) is 5.53. The summed E-state index contributed by atoms with van der Waals surface area (Å²) in [7, 11) is 0. The molecule has 4 atom stereocenters. The van der Waals surface area contributed by atoms with E-state index in [4.69, 9.17) is 11.2 Å². The number of hydrogen-bond acceptors (Lipinski definition) is 4. The third-order valence-electron chi connectivity index (χ3n) is 5.53. The van der Waals surface area contributed by atoms with Gasteiger partial charge in [-0.05, 0) is 64.2 Å². The Morgan fingerprint density at radius 2 is 1.85 bits per heavy atom. The van der Waals surface area contributed by atoms with Gasteiger partial charge in [-0.2, -0.15) is 0 Å². The quantitative estimate of drug-likeness (QED) is 0.555. The van der Waals surface area contributed by atoms with E-state index in [1.165, 1.54) is 0 Å². The number of benzene rings is 1. The molecular formula is C26H37N3O4. The molecule has 7 nitrogen and oxygen atoms in total. The van der Waals surface area contributed by atoms with Crippen LogP contribution in [0.4, 0.5) is 4.79 Å². The minimum absolute atomic E-state index is 0.0246. The molecule has 0 saturated heterocycles. The average Bonchev–Trinajstić information content (AvgIpc) is 3.44. The first-order valence-corrected chi connectivity index (χ1v) is 11.6. The number of hydrogen-bond donors (Lipinski definition) is 2. The Hall–Kier alpha value is -3.01. The van der Waals surface area contributed by atoms with Crippen LogP contribution in [0, 0.1) is 18.3 Å². The van der Waals surface area contributed by atoms with Crippen molar-refractivity contribution >= 4 is 17.9 Å². The van der Waals surface area contributed by atoms with Gasteiger partial charge in [-0.3, -0.25) is 9.59 Å². The Kier molecular flexibility index (Phi) is 8.92. The highest BCUT2D eigenvalue weighted by Gasteiger charge is 2.46. The molecule has 2 rings (SSSR count). The van der Waals surface area contributed by atoms with Crippen molar-refractivity contribution in [2.24, 2.45) is 5.92 Å². The monoisotopic (exact) mass is 455 g/mol. The molecule has 1 fully saturated rings. The molecular weight excluding hydrogens is 418 g/mol. The fourth-order valence-electron chi connectivity index (χ4n) is 3.79. The molecule has 0 spiro atoms. The van der Waals surface area contributed by atoms with Crippen molar-refractivity contribution in [3.05, 3.63) is 35.4 Å². The first kappa shape index (κ1) is 26.2. The van der Waals surface area contributed by atoms with Gasteiger partial charge in [0, 0.05) is 17.6 Å². The SMILES string of the molecule is C#Cc1ccc(C(C(=O)NC(C)CCC)N(C(=O)CNC(=O)OC(C)(C)C)C2CC2C)cc1. The highest BCUT2D eigenvalue weighted by molar-refractivity contribution is 5.91. The van der Waals surface area contributed by atoms with Gasteiger partial charge in [0.2, 0.25) is 11.8 Å². The summed E-state index contributed by atoms with van der Waals surface area (Å²) in [6.45, 7) is 11.1. The topological polar surface area (TPSA) is 87.7 Å². The zero-order valence-corrected chi connectivity index (χ0v) is 20.6. The van der Waals surface area contributed by atoms with Crippen molar-refractivity contribution in [3.63, 3.8) is 0 Å². The fourth-order valence-corrected chi connectivity index (χ4v) is 3.79. The summed E-state index contributed by atoms with van der Waals surface area (Å²) in [6.07, 6.45) is 7.39. The normalized spacial score (nSPS) is 18.9. The lowest BCUT2D eigenvalue weighted by atomic mass is 10.0. The maximum atomic E-state index is 13.4. The molecule has 1 aliphatic rings. The summed E-state index contributed by atoms with van der Waals surface area (Å²) in [5.41, 5.74) is 0.704. The Balaban J connectivity index is 2.31. The Labute approximate surface area is 197 Å². The smallest absolute Gasteiger partial charge is 0.408 e. The van der Waals surface area contributed by atoms with E-state index in [1.807, 2.05) is 13.8 Å². The molecule has 7 heteroatoms. The van der Waals surface area contributed by atoms with Crippen molar-refractivity contribution in [3.8, 4) is 12.3 Å². The molecule has 0 bridgehead atoms. The fraction of sp³-hybridized carbons (Fsp3) is 0.577. The second kappa shape index (κ2) is 11.2. The molecule has 1 saturated carbocycles. The zero-order valence-electron chi connectivity index (χ0n) is 20.6. The van der Waals surface area contributed by atoms with E-state index in [2.05, 4.69) is 23.5 Å². The first-order chi connectivity index (χ1) is 15.5. The number of ether oxygens (including phenoxy) is 1. The maximum Gasteiger partial charge on any atom is 0.408 e. The van der Waals surface area contributed by atoms with Crippen LogP contribution < -0.4 is 10.6 Å². The maximum absolute atomic E-state index is 13.4. The van der Waals surface area contributed by atoms with Crippen LogP contribution in [0.1, 0.15) is 78.0 Å². The number of nitrogens with one attached hydrogen (secondary N) is 2. The van der Waals surface area contributed by atoms with E-state index in [9.17, 15) is 14.4 Å². The lowest BCUT2D eigenvalue weighted by Gasteiger charge is -2.33. The Bertz CT molecular complexity index is 882. The lowest BCUT2D eigenvalue weighted by molar-refractivity contribution is -0.141. The van der Waals surface area contributed by atoms with Crippen molar-refractivity contribution < 1.29 is 19.1 Å². The van der Waals surface area contributed by atoms with Crippen LogP contribution >= 0.6 is 0 Å². The van der Waals surface area contributed by atoms with Crippen LogP contribution in [0.5, 0.6) is 0 Å². The minimum Gasteiger partial charge on any atom is -0.444 e. The van der Waals surface area contributed by atoms with Crippen LogP contribution in [0.3, 0.4) is 0 Å². The van der Waals surface area contributed by atoms with Crippen LogP contribution in [0.2, 0.25) is 0 Å². The summed E-state index contributed by atoms with van der Waals surface area (Å²) in [5.74, 6) is 2.27. The molecule has 1 aromatic carbocycles. The summed E-state index contributed by atoms with van der Waals surface area (Å²) >= 11 is 0. The average molecular weight is 456 g/mol. The number of rotatable bonds is 9. The lowest BCUT2D eigenvalue weighted by Crippen LogP contribution is -2.50. The summed E-state index contributed by atoms with van der Waals surface area (Å²) in [5, 5.41) is 5.58. The summed E-state index contributed by atoms with van der Waals surface area (Å²) in [6, 6.07) is 6.19. The third kappa shape index (κ3) is 7.81. The molecule has 3 amide bonds. The van der Waals surface area contributed by atoms with E-state index in [-0.39, 0.29) is 36.4 Å². The van der Waals surface area contributed by atoms with Gasteiger partial charge in [0.15, 0.2) is 0 Å². The van der Waals surface area contributed by atoms with E-state index in [1.54, 1.807) is 49.9 Å². The molecule has 1 aromatic rings. The van der Waals surface area contributed by atoms with Crippen LogP contribution in [0.15, 0.2) is 24.3 Å². The molecule has 180 valence electrons. The van der Waals surface area contributed by atoms with Gasteiger partial charge in [0.1, 0.15) is 18.2 Å². The number of nitrogens with zero attached hydrogens (tertiary/aromatic N) is 1. The van der Waals surface area contributed by atoms with Crippen molar-refractivity contribution in [2.75, 3.05) is 6.54 Å². The minimum atomic E-state index is -0.820. The van der Waals surface area contributed by atoms with Gasteiger partial charge in [0.05, 0.1) is 0 Å². The number of amides is 3. The molecule has 0 aliphatic heterocycles. The van der Waals surface area contributed by atoms with Crippen LogP contribution in [-0.2, 0) is 14.3 Å². The largest absolute Gasteiger partial charge is 0.444 e. The molecule has 4 unspecified atom stereocenters. The summed E-state index contributed by atoms with van der Waals surface area (Å²) < 4.78 is 5.24. The number of alkyl carbamates (subject to hydrolysis) is 1. The highest BCUT2D eigenvalue weighted by atomic mass is 16.6. The molecule has 0 radical (unpaired) electrons. The van der Waals surface area contributed by atoms with Gasteiger partial charge < -0.3 is 20.3 Å². The van der Waals surface area contributed by atoms with E-state index in [0.29, 0.717) is 11.1 Å². The van der Waals surface area contributed by atoms with E-state index < -0.39 is 17.7 Å². The van der Waals surface area contributed by atoms with Crippen LogP contribution in [-0.4, -0.2) is 47.0 Å². The van der Waals surface area contributed by atoms with Gasteiger partial charge in [-0.15, -0.1) is 6.42 Å². The predicted octanol–water partition coefficient (Wildman–Crippen LogP) is 3.78. The summed E-state index contributed by atoms with van der Waals surface area (Å²) in [4.78, 5) is 40.5. The van der Waals surface area contributed by atoms with E-state index in [0.717, 1.165) is 19.3 Å². The molecule has 1 aliphatic carbocycles. The zero-order chi connectivity index (χ0) is 24.8. The van der Waals surface area contributed by atoms with Crippen molar-refractivity contribution in [2.45, 2.75) is 84.5 Å². The first-order valence-electron chi connectivity index (χ1n) is 11.6. The van der Waals surface area contributed by atoms with Gasteiger partial charge in [0.25, 0.3) is 0 Å². The second-order valence-corrected chi connectivity index (χ2v) is 9.80. The predicted molar refractivity (Wildman–Crippen MR) is 128 cm³/mol. The highest BCUT2D eigenvalue weighted by Crippen LogP contribution is 2.40. The van der Waals surface area contributed by atoms with Crippen LogP contribution in [0.25, 0.3) is 0 Å². The number of terminal acetylenes is 1. The molecule has 0 aromatic heterocycles. The second-order valence-electron chi connectivity index (χ2n) is 9.80.